The molecule has 2 rings (SSSR count). The predicted molar refractivity (Wildman–Crippen MR) is 68.7 cm³/mol. The maximum atomic E-state index is 13.2. The zero-order valence-electron chi connectivity index (χ0n) is 9.78. The first-order chi connectivity index (χ1) is 9.00. The Balaban J connectivity index is 2.31. The van der Waals surface area contributed by atoms with Crippen LogP contribution in [-0.4, -0.2) is 29.4 Å². The summed E-state index contributed by atoms with van der Waals surface area (Å²) in [6.07, 6.45) is -5.81. The standard InChI is InChI=1S/C12H11F3N2OS/c13-8(11(14)15)5-7-3-1-2-4-9(7)17-10(18)6-19-12(17)16/h1-4,8,11,16H,5-6H2. The average molecular weight is 288 g/mol. The summed E-state index contributed by atoms with van der Waals surface area (Å²) in [5, 5.41) is 7.70. The van der Waals surface area contributed by atoms with Gasteiger partial charge in [0.15, 0.2) is 11.3 Å². The van der Waals surface area contributed by atoms with Crippen LogP contribution in [-0.2, 0) is 11.2 Å². The van der Waals surface area contributed by atoms with E-state index in [1.807, 2.05) is 0 Å². The van der Waals surface area contributed by atoms with E-state index >= 15 is 0 Å². The minimum atomic E-state index is -3.06. The highest BCUT2D eigenvalue weighted by molar-refractivity contribution is 8.15. The fraction of sp³-hybridized carbons (Fsp3) is 0.333. The van der Waals surface area contributed by atoms with Gasteiger partial charge in [0, 0.05) is 6.42 Å². The van der Waals surface area contributed by atoms with E-state index in [4.69, 9.17) is 5.41 Å². The number of hydrogen-bond donors (Lipinski definition) is 1. The second-order valence-electron chi connectivity index (χ2n) is 4.01. The van der Waals surface area contributed by atoms with Gasteiger partial charge in [-0.05, 0) is 11.6 Å². The van der Waals surface area contributed by atoms with Gasteiger partial charge in [0.1, 0.15) is 0 Å². The third-order valence-corrected chi connectivity index (χ3v) is 3.55. The second kappa shape index (κ2) is 5.64. The molecule has 19 heavy (non-hydrogen) atoms. The lowest BCUT2D eigenvalue weighted by atomic mass is 10.1. The first-order valence-electron chi connectivity index (χ1n) is 5.55. The Hall–Kier alpha value is -1.50. The van der Waals surface area contributed by atoms with Crippen molar-refractivity contribution >= 4 is 28.5 Å². The predicted octanol–water partition coefficient (Wildman–Crippen LogP) is 2.85. The lowest BCUT2D eigenvalue weighted by molar-refractivity contribution is -0.115. The number of carbonyl (C=O) groups excluding carboxylic acids is 1. The molecule has 0 bridgehead atoms. The fourth-order valence-corrected chi connectivity index (χ4v) is 2.54. The summed E-state index contributed by atoms with van der Waals surface area (Å²) >= 11 is 1.06. The third kappa shape index (κ3) is 2.91. The number of anilines is 1. The highest BCUT2D eigenvalue weighted by Crippen LogP contribution is 2.30. The third-order valence-electron chi connectivity index (χ3n) is 2.71. The molecule has 102 valence electrons. The fourth-order valence-electron chi connectivity index (χ4n) is 1.82. The van der Waals surface area contributed by atoms with Crippen LogP contribution < -0.4 is 4.90 Å². The first-order valence-corrected chi connectivity index (χ1v) is 6.53. The van der Waals surface area contributed by atoms with Gasteiger partial charge in [0.05, 0.1) is 11.4 Å². The molecule has 0 radical (unpaired) electrons. The molecule has 1 saturated heterocycles. The van der Waals surface area contributed by atoms with Crippen LogP contribution >= 0.6 is 11.8 Å². The van der Waals surface area contributed by atoms with Gasteiger partial charge in [-0.25, -0.2) is 13.2 Å². The van der Waals surface area contributed by atoms with Crippen molar-refractivity contribution in [1.29, 1.82) is 5.41 Å². The van der Waals surface area contributed by atoms with Crippen molar-refractivity contribution in [3.63, 3.8) is 0 Å². The minimum Gasteiger partial charge on any atom is -0.278 e. The number of alkyl halides is 3. The summed E-state index contributed by atoms with van der Waals surface area (Å²) in [6.45, 7) is 0. The van der Waals surface area contributed by atoms with Gasteiger partial charge in [0.25, 0.3) is 6.43 Å². The number of amidine groups is 1. The molecule has 1 aliphatic heterocycles. The Morgan fingerprint density at radius 2 is 2.00 bits per heavy atom. The summed E-state index contributed by atoms with van der Waals surface area (Å²) < 4.78 is 37.7. The lowest BCUT2D eigenvalue weighted by Crippen LogP contribution is -2.30. The molecule has 1 aliphatic rings. The normalized spacial score (nSPS) is 17.4. The number of hydrogen-bond acceptors (Lipinski definition) is 3. The SMILES string of the molecule is N=C1SCC(=O)N1c1ccccc1CC(F)C(F)F. The Bertz CT molecular complexity index is 494. The van der Waals surface area contributed by atoms with Gasteiger partial charge in [-0.15, -0.1) is 0 Å². The molecule has 1 amide bonds. The number of nitrogens with zero attached hydrogens (tertiary/aromatic N) is 1. The first kappa shape index (κ1) is 13.9. The Labute approximate surface area is 112 Å². The molecule has 7 heteroatoms. The van der Waals surface area contributed by atoms with E-state index in [1.54, 1.807) is 12.1 Å². The summed E-state index contributed by atoms with van der Waals surface area (Å²) in [4.78, 5) is 12.8. The number of nitrogens with one attached hydrogen (secondary N) is 1. The molecule has 0 saturated carbocycles. The summed E-state index contributed by atoms with van der Waals surface area (Å²) in [7, 11) is 0. The maximum absolute atomic E-state index is 13.2. The largest absolute Gasteiger partial charge is 0.278 e. The molecule has 1 heterocycles. The molecule has 1 N–H and O–H groups in total. The Kier molecular flexibility index (Phi) is 4.14. The quantitative estimate of drug-likeness (QED) is 0.926. The molecule has 1 fully saturated rings. The highest BCUT2D eigenvalue weighted by Gasteiger charge is 2.31. The molecular formula is C12H11F3N2OS. The van der Waals surface area contributed by atoms with E-state index in [2.05, 4.69) is 0 Å². The molecule has 1 unspecified atom stereocenters. The topological polar surface area (TPSA) is 44.2 Å². The van der Waals surface area contributed by atoms with Crippen molar-refractivity contribution in [2.45, 2.75) is 19.0 Å². The van der Waals surface area contributed by atoms with Gasteiger partial charge in [-0.1, -0.05) is 30.0 Å². The van der Waals surface area contributed by atoms with Crippen molar-refractivity contribution in [3.8, 4) is 0 Å². The molecule has 0 aromatic heterocycles. The van der Waals surface area contributed by atoms with E-state index < -0.39 is 19.0 Å². The molecule has 0 aliphatic carbocycles. The summed E-state index contributed by atoms with van der Waals surface area (Å²) in [5.41, 5.74) is 0.613. The van der Waals surface area contributed by atoms with Gasteiger partial charge >= 0.3 is 0 Å². The number of thioether (sulfide) groups is 1. The Morgan fingerprint density at radius 1 is 1.32 bits per heavy atom. The van der Waals surface area contributed by atoms with Crippen molar-refractivity contribution in [1.82, 2.24) is 0 Å². The van der Waals surface area contributed by atoms with Crippen LogP contribution in [0.15, 0.2) is 24.3 Å². The van der Waals surface area contributed by atoms with Gasteiger partial charge < -0.3 is 0 Å². The number of para-hydroxylation sites is 1. The molecule has 1 aromatic carbocycles. The van der Waals surface area contributed by atoms with Crippen LogP contribution in [0, 0.1) is 5.41 Å². The van der Waals surface area contributed by atoms with Crippen molar-refractivity contribution in [2.75, 3.05) is 10.7 Å². The lowest BCUT2D eigenvalue weighted by Gasteiger charge is -2.19. The molecular weight excluding hydrogens is 277 g/mol. The number of amides is 1. The van der Waals surface area contributed by atoms with Crippen LogP contribution in [0.1, 0.15) is 5.56 Å². The minimum absolute atomic E-state index is 0.0323. The van der Waals surface area contributed by atoms with Crippen molar-refractivity contribution in [2.24, 2.45) is 0 Å². The molecule has 1 atom stereocenters. The van der Waals surface area contributed by atoms with Gasteiger partial charge in [-0.3, -0.25) is 15.1 Å². The van der Waals surface area contributed by atoms with Crippen molar-refractivity contribution < 1.29 is 18.0 Å². The summed E-state index contributed by atoms with van der Waals surface area (Å²) in [5.74, 6) is -0.156. The van der Waals surface area contributed by atoms with E-state index in [9.17, 15) is 18.0 Å². The van der Waals surface area contributed by atoms with E-state index in [0.717, 1.165) is 16.7 Å². The zero-order valence-corrected chi connectivity index (χ0v) is 10.6. The second-order valence-corrected chi connectivity index (χ2v) is 4.97. The zero-order chi connectivity index (χ0) is 14.0. The smallest absolute Gasteiger partial charge is 0.269 e. The van der Waals surface area contributed by atoms with Crippen LogP contribution in [0.3, 0.4) is 0 Å². The number of carbonyl (C=O) groups is 1. The Morgan fingerprint density at radius 3 is 2.58 bits per heavy atom. The van der Waals surface area contributed by atoms with Crippen LogP contribution in [0.5, 0.6) is 0 Å². The highest BCUT2D eigenvalue weighted by atomic mass is 32.2. The van der Waals surface area contributed by atoms with Gasteiger partial charge in [0.2, 0.25) is 5.91 Å². The molecule has 1 aromatic rings. The van der Waals surface area contributed by atoms with Crippen molar-refractivity contribution in [3.05, 3.63) is 29.8 Å². The van der Waals surface area contributed by atoms with E-state index in [1.165, 1.54) is 12.1 Å². The summed E-state index contributed by atoms with van der Waals surface area (Å²) in [6, 6.07) is 6.24. The monoisotopic (exact) mass is 288 g/mol. The maximum Gasteiger partial charge on any atom is 0.269 e. The molecule has 0 spiro atoms. The molecule has 3 nitrogen and oxygen atoms in total. The number of rotatable bonds is 4. The van der Waals surface area contributed by atoms with Gasteiger partial charge in [-0.2, -0.15) is 0 Å². The van der Waals surface area contributed by atoms with Crippen LogP contribution in [0.25, 0.3) is 0 Å². The number of halogens is 3. The average Bonchev–Trinajstić information content (AvgIpc) is 2.70. The van der Waals surface area contributed by atoms with E-state index in [0.29, 0.717) is 11.3 Å². The van der Waals surface area contributed by atoms with E-state index in [-0.39, 0.29) is 16.8 Å². The van der Waals surface area contributed by atoms with Crippen LogP contribution in [0.2, 0.25) is 0 Å². The van der Waals surface area contributed by atoms with Crippen LogP contribution in [0.4, 0.5) is 18.9 Å². The number of benzene rings is 1.